The third-order valence-electron chi connectivity index (χ3n) is 9.65. The molecular weight excluding hydrogens is 633 g/mol. The van der Waals surface area contributed by atoms with Crippen LogP contribution in [-0.2, 0) is 0 Å². The lowest BCUT2D eigenvalue weighted by Crippen LogP contribution is -2.27. The van der Waals surface area contributed by atoms with E-state index in [1.807, 2.05) is 66.7 Å². The molecule has 2 aromatic heterocycles. The highest BCUT2D eigenvalue weighted by atomic mass is 15.0. The minimum atomic E-state index is 0.279. The van der Waals surface area contributed by atoms with E-state index >= 15 is 0 Å². The van der Waals surface area contributed by atoms with Crippen molar-refractivity contribution in [1.29, 1.82) is 0 Å². The van der Waals surface area contributed by atoms with Crippen LogP contribution in [-0.4, -0.2) is 19.9 Å². The zero-order chi connectivity index (χ0) is 34.7. The molecule has 9 rings (SSSR count). The molecule has 1 aliphatic rings. The van der Waals surface area contributed by atoms with Gasteiger partial charge in [-0.1, -0.05) is 170 Å². The molecule has 0 fully saturated rings. The molecule has 0 radical (unpaired) electrons. The lowest BCUT2D eigenvalue weighted by atomic mass is 9.89. The van der Waals surface area contributed by atoms with Crippen molar-refractivity contribution in [3.05, 3.63) is 192 Å². The fourth-order valence-corrected chi connectivity index (χ4v) is 6.90. The summed E-state index contributed by atoms with van der Waals surface area (Å²) in [6.07, 6.45) is 5.72. The summed E-state index contributed by atoms with van der Waals surface area (Å²) in [4.78, 5) is 19.9. The normalized spacial score (nSPS) is 13.4. The van der Waals surface area contributed by atoms with Gasteiger partial charge in [-0.05, 0) is 51.7 Å². The number of fused-ring (bicyclic) bond motifs is 1. The number of hydrogen-bond donors (Lipinski definition) is 0. The Balaban J connectivity index is 1.07. The highest BCUT2D eigenvalue weighted by Gasteiger charge is 2.16. The summed E-state index contributed by atoms with van der Waals surface area (Å²) in [5.74, 6) is 2.22. The van der Waals surface area contributed by atoms with Gasteiger partial charge in [-0.15, -0.1) is 0 Å². The fourth-order valence-electron chi connectivity index (χ4n) is 6.90. The maximum Gasteiger partial charge on any atom is 0.164 e. The Labute approximate surface area is 303 Å². The second-order valence-corrected chi connectivity index (χ2v) is 13.1. The molecule has 2 heterocycles. The molecule has 6 aromatic carbocycles. The SMILES string of the molecule is C1=c2ccccc2=CC(c2cc(-c3ccccc3)nc(-c3ccc(-c4cccc(-c5nc(-c6ccccc6)nc(-c6ccccc6)n5)c4)cc3)c2)C1. The van der Waals surface area contributed by atoms with E-state index in [2.05, 4.69) is 121 Å². The third-order valence-corrected chi connectivity index (χ3v) is 9.65. The van der Waals surface area contributed by atoms with Crippen LogP contribution in [0.5, 0.6) is 0 Å². The van der Waals surface area contributed by atoms with E-state index in [1.54, 1.807) is 0 Å². The van der Waals surface area contributed by atoms with Gasteiger partial charge in [0.25, 0.3) is 0 Å². The average molecular weight is 667 g/mol. The molecule has 1 atom stereocenters. The zero-order valence-electron chi connectivity index (χ0n) is 28.5. The second-order valence-electron chi connectivity index (χ2n) is 13.1. The first-order chi connectivity index (χ1) is 25.7. The molecule has 4 heteroatoms. The number of pyridine rings is 1. The molecule has 0 aliphatic heterocycles. The molecule has 0 bridgehead atoms. The fraction of sp³-hybridized carbons (Fsp3) is 0.0417. The average Bonchev–Trinajstić information content (AvgIpc) is 3.24. The lowest BCUT2D eigenvalue weighted by molar-refractivity contribution is 0.918. The topological polar surface area (TPSA) is 51.6 Å². The Morgan fingerprint density at radius 2 is 0.808 bits per heavy atom. The first-order valence-electron chi connectivity index (χ1n) is 17.7. The van der Waals surface area contributed by atoms with Gasteiger partial charge in [-0.3, -0.25) is 0 Å². The van der Waals surface area contributed by atoms with Crippen molar-refractivity contribution < 1.29 is 0 Å². The quantitative estimate of drug-likeness (QED) is 0.170. The molecule has 4 nitrogen and oxygen atoms in total. The molecular formula is C48H34N4. The first kappa shape index (κ1) is 31.2. The van der Waals surface area contributed by atoms with E-state index in [9.17, 15) is 0 Å². The van der Waals surface area contributed by atoms with Crippen LogP contribution >= 0.6 is 0 Å². The number of hydrogen-bond acceptors (Lipinski definition) is 4. The van der Waals surface area contributed by atoms with Crippen molar-refractivity contribution in [2.45, 2.75) is 12.3 Å². The van der Waals surface area contributed by atoms with Crippen LogP contribution in [0.3, 0.4) is 0 Å². The smallest absolute Gasteiger partial charge is 0.164 e. The van der Waals surface area contributed by atoms with Crippen molar-refractivity contribution in [3.8, 4) is 67.8 Å². The summed E-state index contributed by atoms with van der Waals surface area (Å²) in [5.41, 5.74) is 10.5. The summed E-state index contributed by atoms with van der Waals surface area (Å²) >= 11 is 0. The van der Waals surface area contributed by atoms with Crippen LogP contribution in [0.1, 0.15) is 17.9 Å². The summed E-state index contributed by atoms with van der Waals surface area (Å²) in [7, 11) is 0. The summed E-state index contributed by atoms with van der Waals surface area (Å²) in [6, 6.07) is 60.9. The Bertz CT molecular complexity index is 2580. The zero-order valence-corrected chi connectivity index (χ0v) is 28.5. The maximum atomic E-state index is 5.19. The van der Waals surface area contributed by atoms with Gasteiger partial charge in [0, 0.05) is 33.7 Å². The van der Waals surface area contributed by atoms with E-state index in [0.29, 0.717) is 17.5 Å². The maximum absolute atomic E-state index is 5.19. The van der Waals surface area contributed by atoms with Crippen molar-refractivity contribution >= 4 is 12.2 Å². The molecule has 0 amide bonds. The molecule has 0 saturated heterocycles. The van der Waals surface area contributed by atoms with Gasteiger partial charge in [0.1, 0.15) is 0 Å². The number of rotatable bonds is 7. The number of aromatic nitrogens is 4. The Morgan fingerprint density at radius 1 is 0.346 bits per heavy atom. The highest BCUT2D eigenvalue weighted by Crippen LogP contribution is 2.33. The molecule has 0 spiro atoms. The van der Waals surface area contributed by atoms with Crippen LogP contribution in [0.2, 0.25) is 0 Å². The molecule has 246 valence electrons. The largest absolute Gasteiger partial charge is 0.248 e. The lowest BCUT2D eigenvalue weighted by Gasteiger charge is -2.17. The van der Waals surface area contributed by atoms with E-state index in [1.165, 1.54) is 16.0 Å². The van der Waals surface area contributed by atoms with E-state index in [4.69, 9.17) is 19.9 Å². The molecule has 0 saturated carbocycles. The minimum absolute atomic E-state index is 0.279. The van der Waals surface area contributed by atoms with Gasteiger partial charge in [0.2, 0.25) is 0 Å². The Kier molecular flexibility index (Phi) is 8.32. The molecule has 1 aliphatic carbocycles. The highest BCUT2D eigenvalue weighted by molar-refractivity contribution is 5.75. The van der Waals surface area contributed by atoms with E-state index in [0.717, 1.165) is 56.8 Å². The van der Waals surface area contributed by atoms with Gasteiger partial charge in [0.15, 0.2) is 17.5 Å². The van der Waals surface area contributed by atoms with E-state index < -0.39 is 0 Å². The van der Waals surface area contributed by atoms with Gasteiger partial charge >= 0.3 is 0 Å². The van der Waals surface area contributed by atoms with Crippen LogP contribution in [0.25, 0.3) is 80.0 Å². The molecule has 8 aromatic rings. The van der Waals surface area contributed by atoms with Gasteiger partial charge < -0.3 is 0 Å². The van der Waals surface area contributed by atoms with Crippen molar-refractivity contribution in [3.63, 3.8) is 0 Å². The Morgan fingerprint density at radius 3 is 1.42 bits per heavy atom. The predicted molar refractivity (Wildman–Crippen MR) is 212 cm³/mol. The van der Waals surface area contributed by atoms with Crippen LogP contribution in [0.4, 0.5) is 0 Å². The van der Waals surface area contributed by atoms with Gasteiger partial charge in [-0.25, -0.2) is 19.9 Å². The third kappa shape index (κ3) is 6.46. The van der Waals surface area contributed by atoms with Crippen LogP contribution in [0.15, 0.2) is 176 Å². The van der Waals surface area contributed by atoms with Gasteiger partial charge in [-0.2, -0.15) is 0 Å². The number of benzene rings is 6. The number of nitrogens with zero attached hydrogens (tertiary/aromatic N) is 4. The summed E-state index contributed by atoms with van der Waals surface area (Å²) in [5, 5.41) is 2.59. The van der Waals surface area contributed by atoms with Crippen molar-refractivity contribution in [1.82, 2.24) is 19.9 Å². The summed E-state index contributed by atoms with van der Waals surface area (Å²) < 4.78 is 0. The first-order valence-corrected chi connectivity index (χ1v) is 17.7. The standard InChI is InChI=1S/C48H34N4/c1-4-14-35(15-5-1)44-31-43(41-28-25-33-13-10-11-20-39(33)29-41)32-45(49-44)36-26-23-34(24-27-36)40-21-12-22-42(30-40)48-51-46(37-16-6-2-7-17-37)50-47(52-48)38-18-8-3-9-19-38/h1-27,29-32,41H,28H2. The van der Waals surface area contributed by atoms with Gasteiger partial charge in [0.05, 0.1) is 11.4 Å². The summed E-state index contributed by atoms with van der Waals surface area (Å²) in [6.45, 7) is 0. The monoisotopic (exact) mass is 666 g/mol. The van der Waals surface area contributed by atoms with Crippen LogP contribution < -0.4 is 10.4 Å². The van der Waals surface area contributed by atoms with Crippen molar-refractivity contribution in [2.24, 2.45) is 0 Å². The van der Waals surface area contributed by atoms with Crippen molar-refractivity contribution in [2.75, 3.05) is 0 Å². The molecule has 52 heavy (non-hydrogen) atoms. The molecule has 1 unspecified atom stereocenters. The predicted octanol–water partition coefficient (Wildman–Crippen LogP) is 10.0. The molecule has 0 N–H and O–H groups in total. The Hall–Kier alpha value is -6.78. The minimum Gasteiger partial charge on any atom is -0.248 e. The van der Waals surface area contributed by atoms with Crippen LogP contribution in [0, 0.1) is 0 Å². The van der Waals surface area contributed by atoms with E-state index in [-0.39, 0.29) is 5.92 Å². The second kappa shape index (κ2) is 13.9.